The van der Waals surface area contributed by atoms with Crippen LogP contribution in [0.15, 0.2) is 81.7 Å². The Morgan fingerprint density at radius 1 is 1.19 bits per heavy atom. The van der Waals surface area contributed by atoms with Crippen molar-refractivity contribution in [3.05, 3.63) is 99.4 Å². The molecule has 1 amide bonds. The number of aromatic nitrogens is 1. The summed E-state index contributed by atoms with van der Waals surface area (Å²) in [6, 6.07) is 14.4. The number of furan rings is 1. The van der Waals surface area contributed by atoms with Crippen molar-refractivity contribution in [2.45, 2.75) is 45.6 Å². The Bertz CT molecular complexity index is 1390. The number of rotatable bonds is 6. The van der Waals surface area contributed by atoms with Crippen molar-refractivity contribution in [2.75, 3.05) is 5.32 Å². The molecule has 5 rings (SSSR count). The molecule has 36 heavy (non-hydrogen) atoms. The molecule has 2 N–H and O–H groups in total. The molecule has 1 aliphatic heterocycles. The zero-order valence-electron chi connectivity index (χ0n) is 20.1. The Labute approximate surface area is 214 Å². The van der Waals surface area contributed by atoms with Crippen LogP contribution in [0.5, 0.6) is 5.75 Å². The highest BCUT2D eigenvalue weighted by molar-refractivity contribution is 6.31. The van der Waals surface area contributed by atoms with Gasteiger partial charge < -0.3 is 19.8 Å². The van der Waals surface area contributed by atoms with E-state index in [0.29, 0.717) is 51.4 Å². The summed E-state index contributed by atoms with van der Waals surface area (Å²) in [5.74, 6) is 1.29. The molecular weight excluding hydrogens is 478 g/mol. The van der Waals surface area contributed by atoms with Gasteiger partial charge >= 0.3 is 0 Å². The monoisotopic (exact) mass is 503 g/mol. The first-order chi connectivity index (χ1) is 17.4. The van der Waals surface area contributed by atoms with Gasteiger partial charge in [0.2, 0.25) is 0 Å². The number of hydrogen-bond acceptors (Lipinski definition) is 6. The van der Waals surface area contributed by atoms with E-state index in [1.165, 1.54) is 0 Å². The zero-order chi connectivity index (χ0) is 25.2. The van der Waals surface area contributed by atoms with E-state index in [-0.39, 0.29) is 18.3 Å². The third-order valence-corrected chi connectivity index (χ3v) is 6.83. The smallest absolute Gasteiger partial charge is 0.255 e. The number of anilines is 1. The summed E-state index contributed by atoms with van der Waals surface area (Å²) < 4.78 is 12.1. The van der Waals surface area contributed by atoms with Gasteiger partial charge in [0, 0.05) is 34.6 Å². The first-order valence-electron chi connectivity index (χ1n) is 11.8. The van der Waals surface area contributed by atoms with E-state index < -0.39 is 5.92 Å². The molecule has 3 heterocycles. The van der Waals surface area contributed by atoms with Crippen LogP contribution in [0.3, 0.4) is 0 Å². The molecule has 7 nitrogen and oxygen atoms in total. The summed E-state index contributed by atoms with van der Waals surface area (Å²) in [5.41, 5.74) is 3.49. The van der Waals surface area contributed by atoms with Crippen LogP contribution in [0, 0.1) is 6.92 Å². The summed E-state index contributed by atoms with van der Waals surface area (Å²) in [6.45, 7) is 3.96. The van der Waals surface area contributed by atoms with Gasteiger partial charge in [-0.1, -0.05) is 17.7 Å². The van der Waals surface area contributed by atoms with Gasteiger partial charge in [0.05, 0.1) is 11.5 Å². The quantitative estimate of drug-likeness (QED) is 0.440. The van der Waals surface area contributed by atoms with Gasteiger partial charge in [0.15, 0.2) is 5.78 Å². The molecule has 0 spiro atoms. The highest BCUT2D eigenvalue weighted by Crippen LogP contribution is 2.43. The summed E-state index contributed by atoms with van der Waals surface area (Å²) in [4.78, 5) is 30.7. The maximum atomic E-state index is 13.5. The largest absolute Gasteiger partial charge is 0.486 e. The van der Waals surface area contributed by atoms with Gasteiger partial charge in [-0.25, -0.2) is 4.98 Å². The third-order valence-electron chi connectivity index (χ3n) is 6.40. The number of carbonyl (C=O) groups is 2. The molecule has 0 fully saturated rings. The fourth-order valence-corrected chi connectivity index (χ4v) is 4.80. The van der Waals surface area contributed by atoms with Crippen molar-refractivity contribution < 1.29 is 18.7 Å². The van der Waals surface area contributed by atoms with E-state index >= 15 is 0 Å². The van der Waals surface area contributed by atoms with Crippen molar-refractivity contribution in [1.82, 2.24) is 10.3 Å². The number of dihydropyridines is 1. The summed E-state index contributed by atoms with van der Waals surface area (Å²) >= 11 is 6.10. The highest BCUT2D eigenvalue weighted by Gasteiger charge is 2.40. The number of Topliss-reactive ketones (excluding diaryl/α,β-unsaturated/α-hetero) is 1. The number of benzene rings is 1. The van der Waals surface area contributed by atoms with Crippen LogP contribution in [-0.2, 0) is 16.2 Å². The minimum Gasteiger partial charge on any atom is -0.486 e. The third kappa shape index (κ3) is 4.79. The standard InChI is InChI=1S/C28H26ClN3O4/c1-16-14-18(9-11-20(16)29)35-15-19-10-12-23(36-19)27-25(28(34)32-24-8-3-4-13-30-24)17(2)31-21-6-5-7-22(33)26(21)27/h3-4,8-14,27,31H,5-7,15H2,1-2H3,(H,30,32,34)/t27-/m1/s1. The number of nitrogens with one attached hydrogen (secondary N) is 2. The van der Waals surface area contributed by atoms with Crippen LogP contribution < -0.4 is 15.4 Å². The number of carbonyl (C=O) groups excluding carboxylic acids is 2. The molecule has 0 radical (unpaired) electrons. The summed E-state index contributed by atoms with van der Waals surface area (Å²) in [6.07, 6.45) is 3.58. The number of hydrogen-bond donors (Lipinski definition) is 2. The average molecular weight is 504 g/mol. The first kappa shape index (κ1) is 23.9. The maximum absolute atomic E-state index is 13.5. The minimum atomic E-state index is -0.621. The predicted octanol–water partition coefficient (Wildman–Crippen LogP) is 5.82. The molecule has 0 saturated heterocycles. The van der Waals surface area contributed by atoms with Crippen molar-refractivity contribution in [3.63, 3.8) is 0 Å². The normalized spacial score (nSPS) is 17.5. The van der Waals surface area contributed by atoms with Crippen molar-refractivity contribution in [1.29, 1.82) is 0 Å². The SMILES string of the molecule is CC1=C(C(=O)Nc2ccccn2)[C@@H](c2ccc(COc3ccc(Cl)c(C)c3)o2)C2=C(CCCC2=O)N1. The molecule has 0 unspecified atom stereocenters. The molecule has 2 aliphatic rings. The molecular formula is C28H26ClN3O4. The van der Waals surface area contributed by atoms with E-state index in [1.54, 1.807) is 36.5 Å². The van der Waals surface area contributed by atoms with Gasteiger partial charge in [-0.3, -0.25) is 9.59 Å². The molecule has 1 atom stereocenters. The number of ketones is 1. The minimum absolute atomic E-state index is 0.0234. The summed E-state index contributed by atoms with van der Waals surface area (Å²) in [5, 5.41) is 6.84. The van der Waals surface area contributed by atoms with Crippen molar-refractivity contribution >= 4 is 29.1 Å². The predicted molar refractivity (Wildman–Crippen MR) is 137 cm³/mol. The average Bonchev–Trinajstić information content (AvgIpc) is 3.33. The van der Waals surface area contributed by atoms with Gasteiger partial charge in [0.25, 0.3) is 5.91 Å². The summed E-state index contributed by atoms with van der Waals surface area (Å²) in [7, 11) is 0. The second kappa shape index (κ2) is 10.0. The van der Waals surface area contributed by atoms with Crippen LogP contribution in [0.25, 0.3) is 0 Å². The van der Waals surface area contributed by atoms with Crippen LogP contribution in [0.1, 0.15) is 49.2 Å². The van der Waals surface area contributed by atoms with E-state index in [1.807, 2.05) is 32.0 Å². The molecule has 1 aromatic carbocycles. The second-order valence-corrected chi connectivity index (χ2v) is 9.35. The van der Waals surface area contributed by atoms with Crippen molar-refractivity contribution in [3.8, 4) is 5.75 Å². The Balaban J connectivity index is 1.45. The number of nitrogens with zero attached hydrogens (tertiary/aromatic N) is 1. The lowest BCUT2D eigenvalue weighted by Gasteiger charge is -2.33. The molecule has 0 saturated carbocycles. The van der Waals surface area contributed by atoms with E-state index in [2.05, 4.69) is 15.6 Å². The van der Waals surface area contributed by atoms with Crippen molar-refractivity contribution in [2.24, 2.45) is 0 Å². The number of pyridine rings is 1. The van der Waals surface area contributed by atoms with E-state index in [0.717, 1.165) is 24.1 Å². The fourth-order valence-electron chi connectivity index (χ4n) is 4.68. The Kier molecular flexibility index (Phi) is 6.65. The second-order valence-electron chi connectivity index (χ2n) is 8.94. The Morgan fingerprint density at radius 3 is 2.83 bits per heavy atom. The number of halogens is 1. The lowest BCUT2D eigenvalue weighted by Crippen LogP contribution is -2.35. The van der Waals surface area contributed by atoms with E-state index in [9.17, 15) is 9.59 Å². The first-order valence-corrected chi connectivity index (χ1v) is 12.2. The lowest BCUT2D eigenvalue weighted by molar-refractivity contribution is -0.116. The number of allylic oxidation sites excluding steroid dienone is 3. The molecule has 0 bridgehead atoms. The number of amides is 1. The van der Waals surface area contributed by atoms with Gasteiger partial charge in [0.1, 0.15) is 29.7 Å². The van der Waals surface area contributed by atoms with Gasteiger partial charge in [-0.15, -0.1) is 0 Å². The van der Waals surface area contributed by atoms with Crippen LogP contribution >= 0.6 is 11.6 Å². The lowest BCUT2D eigenvalue weighted by atomic mass is 9.77. The Morgan fingerprint density at radius 2 is 2.06 bits per heavy atom. The van der Waals surface area contributed by atoms with E-state index in [4.69, 9.17) is 20.8 Å². The zero-order valence-corrected chi connectivity index (χ0v) is 20.8. The molecule has 184 valence electrons. The topological polar surface area (TPSA) is 93.5 Å². The van der Waals surface area contributed by atoms with Crippen LogP contribution in [0.4, 0.5) is 5.82 Å². The maximum Gasteiger partial charge on any atom is 0.255 e. The highest BCUT2D eigenvalue weighted by atomic mass is 35.5. The molecule has 1 aliphatic carbocycles. The van der Waals surface area contributed by atoms with Crippen LogP contribution in [0.2, 0.25) is 5.02 Å². The van der Waals surface area contributed by atoms with Gasteiger partial charge in [-0.2, -0.15) is 0 Å². The van der Waals surface area contributed by atoms with Crippen LogP contribution in [-0.4, -0.2) is 16.7 Å². The number of aryl methyl sites for hydroxylation is 1. The molecule has 2 aromatic heterocycles. The molecule has 8 heteroatoms. The fraction of sp³-hybridized carbons (Fsp3) is 0.250. The molecule has 3 aromatic rings. The number of ether oxygens (including phenoxy) is 1. The van der Waals surface area contributed by atoms with Gasteiger partial charge in [-0.05, 0) is 74.7 Å². The Hall–Kier alpha value is -3.84.